The van der Waals surface area contributed by atoms with Crippen molar-refractivity contribution < 1.29 is 19.0 Å². The fraction of sp³-hybridized carbons (Fsp3) is 0.611. The van der Waals surface area contributed by atoms with Crippen molar-refractivity contribution in [1.82, 2.24) is 4.90 Å². The summed E-state index contributed by atoms with van der Waals surface area (Å²) in [6.07, 6.45) is 0.0347. The number of morpholine rings is 1. The van der Waals surface area contributed by atoms with E-state index < -0.39 is 0 Å². The van der Waals surface area contributed by atoms with Crippen LogP contribution in [0.5, 0.6) is 11.5 Å². The average Bonchev–Trinajstić information content (AvgIpc) is 2.51. The van der Waals surface area contributed by atoms with Gasteiger partial charge >= 0.3 is 0 Å². The molecule has 0 aromatic heterocycles. The molecule has 1 aliphatic rings. The quantitative estimate of drug-likeness (QED) is 0.809. The summed E-state index contributed by atoms with van der Waals surface area (Å²) in [4.78, 5) is 14.6. The van der Waals surface area contributed by atoms with E-state index in [2.05, 4.69) is 13.8 Å². The Bertz CT molecular complexity index is 581. The van der Waals surface area contributed by atoms with Gasteiger partial charge in [-0.25, -0.2) is 0 Å². The molecule has 1 aliphatic heterocycles. The number of rotatable bonds is 5. The molecule has 1 aromatic carbocycles. The van der Waals surface area contributed by atoms with Crippen LogP contribution in [0.1, 0.15) is 38.1 Å². The van der Waals surface area contributed by atoms with Gasteiger partial charge < -0.3 is 19.1 Å². The van der Waals surface area contributed by atoms with Gasteiger partial charge in [-0.1, -0.05) is 25.4 Å². The number of carbonyl (C=O) groups is 1. The molecule has 0 spiro atoms. The lowest BCUT2D eigenvalue weighted by Gasteiger charge is -2.35. The number of carbonyl (C=O) groups excluding carboxylic acids is 1. The van der Waals surface area contributed by atoms with Gasteiger partial charge in [0.2, 0.25) is 0 Å². The number of hydrogen-bond donors (Lipinski definition) is 0. The van der Waals surface area contributed by atoms with Crippen molar-refractivity contribution in [2.75, 3.05) is 26.8 Å². The molecule has 1 saturated heterocycles. The van der Waals surface area contributed by atoms with Crippen LogP contribution in [0, 0.1) is 5.92 Å². The third kappa shape index (κ3) is 4.54. The second kappa shape index (κ2) is 8.08. The van der Waals surface area contributed by atoms with Gasteiger partial charge in [-0.05, 0) is 31.9 Å². The Labute approximate surface area is 148 Å². The third-order valence-corrected chi connectivity index (χ3v) is 4.02. The van der Waals surface area contributed by atoms with Gasteiger partial charge in [-0.3, -0.25) is 4.79 Å². The molecule has 24 heavy (non-hydrogen) atoms. The van der Waals surface area contributed by atoms with Gasteiger partial charge in [-0.2, -0.15) is 0 Å². The van der Waals surface area contributed by atoms with Crippen molar-refractivity contribution in [3.8, 4) is 11.5 Å². The predicted molar refractivity (Wildman–Crippen MR) is 94.2 cm³/mol. The van der Waals surface area contributed by atoms with Gasteiger partial charge in [-0.15, -0.1) is 0 Å². The summed E-state index contributed by atoms with van der Waals surface area (Å²) in [6.45, 7) is 9.70. The Morgan fingerprint density at radius 1 is 1.33 bits per heavy atom. The normalized spacial score (nSPS) is 21.0. The summed E-state index contributed by atoms with van der Waals surface area (Å²) in [7, 11) is 1.54. The fourth-order valence-electron chi connectivity index (χ4n) is 2.76. The van der Waals surface area contributed by atoms with Gasteiger partial charge in [0.05, 0.1) is 30.9 Å². The first kappa shape index (κ1) is 18.9. The van der Waals surface area contributed by atoms with E-state index in [0.717, 1.165) is 0 Å². The molecule has 0 aliphatic carbocycles. The Morgan fingerprint density at radius 3 is 2.50 bits per heavy atom. The lowest BCUT2D eigenvalue weighted by Crippen LogP contribution is -2.48. The van der Waals surface area contributed by atoms with E-state index in [9.17, 15) is 4.79 Å². The number of amides is 1. The molecule has 0 saturated carbocycles. The highest BCUT2D eigenvalue weighted by Gasteiger charge is 2.27. The molecule has 0 N–H and O–H groups in total. The van der Waals surface area contributed by atoms with Crippen LogP contribution in [0.3, 0.4) is 0 Å². The second-order valence-electron chi connectivity index (χ2n) is 6.66. The maximum atomic E-state index is 12.8. The van der Waals surface area contributed by atoms with E-state index in [-0.39, 0.29) is 18.1 Å². The zero-order valence-corrected chi connectivity index (χ0v) is 15.7. The molecule has 6 heteroatoms. The van der Waals surface area contributed by atoms with Crippen LogP contribution in [0.4, 0.5) is 0 Å². The smallest absolute Gasteiger partial charge is 0.254 e. The van der Waals surface area contributed by atoms with Crippen LogP contribution >= 0.6 is 11.6 Å². The second-order valence-corrected chi connectivity index (χ2v) is 7.07. The van der Waals surface area contributed by atoms with Gasteiger partial charge in [0.25, 0.3) is 5.91 Å². The first-order valence-electron chi connectivity index (χ1n) is 8.26. The maximum absolute atomic E-state index is 12.8. The van der Waals surface area contributed by atoms with Crippen molar-refractivity contribution in [3.05, 3.63) is 22.7 Å². The number of nitrogens with zero attached hydrogens (tertiary/aromatic N) is 1. The lowest BCUT2D eigenvalue weighted by molar-refractivity contribution is -0.0586. The fourth-order valence-corrected chi connectivity index (χ4v) is 3.02. The Kier molecular flexibility index (Phi) is 6.35. The van der Waals surface area contributed by atoms with Crippen LogP contribution in [-0.2, 0) is 4.74 Å². The number of ether oxygens (including phenoxy) is 3. The highest BCUT2D eigenvalue weighted by atomic mass is 35.5. The number of hydrogen-bond acceptors (Lipinski definition) is 4. The topological polar surface area (TPSA) is 48.0 Å². The van der Waals surface area contributed by atoms with E-state index in [4.69, 9.17) is 25.8 Å². The van der Waals surface area contributed by atoms with E-state index in [1.807, 2.05) is 13.8 Å². The summed E-state index contributed by atoms with van der Waals surface area (Å²) in [5.41, 5.74) is 0.495. The van der Waals surface area contributed by atoms with Crippen molar-refractivity contribution in [1.29, 1.82) is 0 Å². The summed E-state index contributed by atoms with van der Waals surface area (Å²) < 4.78 is 16.8. The van der Waals surface area contributed by atoms with Crippen molar-refractivity contribution in [2.45, 2.75) is 39.9 Å². The predicted octanol–water partition coefficient (Wildman–Crippen LogP) is 3.63. The van der Waals surface area contributed by atoms with Gasteiger partial charge in [0.1, 0.15) is 0 Å². The highest BCUT2D eigenvalue weighted by molar-refractivity contribution is 6.32. The van der Waals surface area contributed by atoms with Crippen molar-refractivity contribution in [3.63, 3.8) is 0 Å². The van der Waals surface area contributed by atoms with Crippen molar-refractivity contribution in [2.24, 2.45) is 5.92 Å². The number of halogens is 1. The zero-order chi connectivity index (χ0) is 17.9. The Morgan fingerprint density at radius 2 is 1.96 bits per heavy atom. The average molecular weight is 356 g/mol. The molecule has 1 heterocycles. The standard InChI is InChI=1S/C18H26ClNO4/c1-11(2)10-23-17-15(19)6-14(7-16(17)22-5)18(21)20-8-12(3)24-13(4)9-20/h6-7,11-13H,8-10H2,1-5H3/t12-,13+. The lowest BCUT2D eigenvalue weighted by atomic mass is 10.1. The minimum Gasteiger partial charge on any atom is -0.493 e. The number of benzene rings is 1. The molecular weight excluding hydrogens is 330 g/mol. The molecule has 134 valence electrons. The summed E-state index contributed by atoms with van der Waals surface area (Å²) in [5, 5.41) is 0.382. The Balaban J connectivity index is 2.24. The maximum Gasteiger partial charge on any atom is 0.254 e. The molecule has 5 nitrogen and oxygen atoms in total. The third-order valence-electron chi connectivity index (χ3n) is 3.74. The molecule has 1 aromatic rings. The highest BCUT2D eigenvalue weighted by Crippen LogP contribution is 2.37. The van der Waals surface area contributed by atoms with Crippen LogP contribution in [0.15, 0.2) is 12.1 Å². The summed E-state index contributed by atoms with van der Waals surface area (Å²) in [5.74, 6) is 1.24. The molecular formula is C18H26ClNO4. The molecule has 0 radical (unpaired) electrons. The minimum absolute atomic E-state index is 0.0173. The van der Waals surface area contributed by atoms with E-state index in [1.54, 1.807) is 24.1 Å². The molecule has 0 bridgehead atoms. The van der Waals surface area contributed by atoms with Crippen LogP contribution in [0.25, 0.3) is 0 Å². The Hall–Kier alpha value is -1.46. The minimum atomic E-state index is -0.0763. The first-order valence-corrected chi connectivity index (χ1v) is 8.64. The zero-order valence-electron chi connectivity index (χ0n) is 15.0. The molecule has 0 unspecified atom stereocenters. The van der Waals surface area contributed by atoms with Crippen LogP contribution in [0.2, 0.25) is 5.02 Å². The van der Waals surface area contributed by atoms with E-state index in [1.165, 1.54) is 0 Å². The van der Waals surface area contributed by atoms with Crippen LogP contribution in [-0.4, -0.2) is 49.8 Å². The van der Waals surface area contributed by atoms with Gasteiger partial charge in [0.15, 0.2) is 11.5 Å². The monoisotopic (exact) mass is 355 g/mol. The van der Waals surface area contributed by atoms with Gasteiger partial charge in [0, 0.05) is 18.7 Å². The molecule has 2 atom stereocenters. The molecule has 1 fully saturated rings. The largest absolute Gasteiger partial charge is 0.493 e. The van der Waals surface area contributed by atoms with E-state index >= 15 is 0 Å². The van der Waals surface area contributed by atoms with Crippen molar-refractivity contribution >= 4 is 17.5 Å². The SMILES string of the molecule is COc1cc(C(=O)N2C[C@@H](C)O[C@@H](C)C2)cc(Cl)c1OCC(C)C. The number of methoxy groups -OCH3 is 1. The molecule has 1 amide bonds. The van der Waals surface area contributed by atoms with E-state index in [0.29, 0.717) is 47.7 Å². The summed E-state index contributed by atoms with van der Waals surface area (Å²) >= 11 is 6.34. The summed E-state index contributed by atoms with van der Waals surface area (Å²) in [6, 6.07) is 3.33. The van der Waals surface area contributed by atoms with Crippen LogP contribution < -0.4 is 9.47 Å². The molecule has 2 rings (SSSR count). The first-order chi connectivity index (χ1) is 11.3.